The number of nitrogens with zero attached hydrogens (tertiary/aromatic N) is 5. The average Bonchev–Trinajstić information content (AvgIpc) is 2.78. The number of anilines is 2. The SMILES string of the molecule is CCN(CC)c1ccc(N=Nc2cc(-c3ccccc3)nc(C)n2)c(NS(=O)(=O)C(F)(F)F)c1.[Ni+2]. The smallest absolute Gasteiger partial charge is 0.372 e. The number of nitrogens with one attached hydrogen (secondary N) is 1. The van der Waals surface area contributed by atoms with Crippen LogP contribution in [0.1, 0.15) is 19.7 Å². The van der Waals surface area contributed by atoms with E-state index in [0.717, 1.165) is 5.56 Å². The maximum absolute atomic E-state index is 13.0. The van der Waals surface area contributed by atoms with Crippen molar-refractivity contribution in [3.63, 3.8) is 0 Å². The standard InChI is InChI=1S/C22H23F3N6O2S.Ni/c1-4-31(5-2)17-11-12-18(20(13-17)30-34(32,33)22(23,24)25)28-29-21-14-19(26-15(3)27-21)16-9-7-6-8-10-16;/h6-14,30H,4-5H2,1-3H3;/q;+2. The van der Waals surface area contributed by atoms with E-state index in [4.69, 9.17) is 0 Å². The molecule has 35 heavy (non-hydrogen) atoms. The zero-order valence-corrected chi connectivity index (χ0v) is 20.8. The zero-order valence-electron chi connectivity index (χ0n) is 19.0. The number of alkyl halides is 3. The van der Waals surface area contributed by atoms with Crippen molar-refractivity contribution < 1.29 is 38.1 Å². The topological polar surface area (TPSA) is 99.9 Å². The van der Waals surface area contributed by atoms with Gasteiger partial charge in [-0.1, -0.05) is 30.3 Å². The van der Waals surface area contributed by atoms with Gasteiger partial charge >= 0.3 is 32.0 Å². The third kappa shape index (κ3) is 6.98. The summed E-state index contributed by atoms with van der Waals surface area (Å²) in [6.45, 7) is 6.57. The molecule has 8 nitrogen and oxygen atoms in total. The molecule has 0 aliphatic carbocycles. The summed E-state index contributed by atoms with van der Waals surface area (Å²) in [5.41, 5.74) is -3.97. The van der Waals surface area contributed by atoms with Crippen LogP contribution in [0.2, 0.25) is 0 Å². The monoisotopic (exact) mass is 550 g/mol. The average molecular weight is 551 g/mol. The molecule has 0 amide bonds. The summed E-state index contributed by atoms with van der Waals surface area (Å²) in [5.74, 6) is 0.592. The van der Waals surface area contributed by atoms with Gasteiger partial charge in [-0.3, -0.25) is 4.72 Å². The first-order valence-electron chi connectivity index (χ1n) is 10.3. The Bertz CT molecular complexity index is 1280. The molecule has 0 saturated carbocycles. The second-order valence-electron chi connectivity index (χ2n) is 7.15. The van der Waals surface area contributed by atoms with Crippen LogP contribution < -0.4 is 9.62 Å². The summed E-state index contributed by atoms with van der Waals surface area (Å²) >= 11 is 0. The van der Waals surface area contributed by atoms with Gasteiger partial charge < -0.3 is 4.90 Å². The van der Waals surface area contributed by atoms with Gasteiger partial charge in [0.1, 0.15) is 11.5 Å². The quantitative estimate of drug-likeness (QED) is 0.275. The van der Waals surface area contributed by atoms with Crippen molar-refractivity contribution in [3.05, 3.63) is 60.4 Å². The number of azo groups is 1. The van der Waals surface area contributed by atoms with Crippen LogP contribution in [0.4, 0.5) is 36.1 Å². The number of hydrogen-bond acceptors (Lipinski definition) is 7. The molecule has 0 fully saturated rings. The van der Waals surface area contributed by atoms with E-state index in [1.54, 1.807) is 23.8 Å². The molecular weight excluding hydrogens is 528 g/mol. The fourth-order valence-corrected chi connectivity index (χ4v) is 3.71. The van der Waals surface area contributed by atoms with Crippen molar-refractivity contribution >= 4 is 32.9 Å². The molecule has 2 aromatic carbocycles. The molecule has 0 aliphatic rings. The van der Waals surface area contributed by atoms with Gasteiger partial charge in [0.15, 0.2) is 5.82 Å². The fourth-order valence-electron chi connectivity index (χ4n) is 3.15. The molecule has 0 radical (unpaired) electrons. The summed E-state index contributed by atoms with van der Waals surface area (Å²) < 4.78 is 64.2. The minimum atomic E-state index is -5.66. The maximum atomic E-state index is 13.0. The van der Waals surface area contributed by atoms with Crippen LogP contribution >= 0.6 is 0 Å². The molecule has 3 rings (SSSR count). The maximum Gasteiger partial charge on any atom is 2.00 e. The molecule has 0 bridgehead atoms. The predicted molar refractivity (Wildman–Crippen MR) is 125 cm³/mol. The van der Waals surface area contributed by atoms with Gasteiger partial charge in [0.2, 0.25) is 0 Å². The Kier molecular flexibility index (Phi) is 9.33. The first-order valence-corrected chi connectivity index (χ1v) is 11.8. The van der Waals surface area contributed by atoms with Crippen LogP contribution in [0.3, 0.4) is 0 Å². The van der Waals surface area contributed by atoms with E-state index in [1.807, 2.05) is 49.1 Å². The molecule has 13 heteroatoms. The zero-order chi connectivity index (χ0) is 24.9. The molecule has 0 saturated heterocycles. The normalized spacial score (nSPS) is 11.8. The number of hydrogen-bond donors (Lipinski definition) is 1. The van der Waals surface area contributed by atoms with E-state index in [0.29, 0.717) is 30.3 Å². The van der Waals surface area contributed by atoms with Crippen LogP contribution in [0.15, 0.2) is 64.8 Å². The van der Waals surface area contributed by atoms with Crippen LogP contribution in [-0.4, -0.2) is 37.0 Å². The molecule has 0 unspecified atom stereocenters. The van der Waals surface area contributed by atoms with E-state index in [2.05, 4.69) is 20.2 Å². The van der Waals surface area contributed by atoms with Crippen molar-refractivity contribution in [2.24, 2.45) is 10.2 Å². The molecule has 1 N–H and O–H groups in total. The Morgan fingerprint density at radius 1 is 0.971 bits per heavy atom. The second-order valence-corrected chi connectivity index (χ2v) is 8.82. The third-order valence-electron chi connectivity index (χ3n) is 4.81. The van der Waals surface area contributed by atoms with Crippen molar-refractivity contribution in [2.45, 2.75) is 26.3 Å². The Hall–Kier alpha value is -3.05. The van der Waals surface area contributed by atoms with Crippen molar-refractivity contribution in [1.82, 2.24) is 9.97 Å². The van der Waals surface area contributed by atoms with Gasteiger partial charge in [-0.15, -0.1) is 10.2 Å². The van der Waals surface area contributed by atoms with Gasteiger partial charge in [-0.25, -0.2) is 9.97 Å². The number of sulfonamides is 1. The Morgan fingerprint density at radius 3 is 2.23 bits per heavy atom. The van der Waals surface area contributed by atoms with Gasteiger partial charge in [0.05, 0.1) is 11.4 Å². The number of benzene rings is 2. The molecule has 1 aromatic heterocycles. The first kappa shape index (κ1) is 28.2. The molecular formula is C22H23F3N6NiO2S+2. The van der Waals surface area contributed by atoms with Gasteiger partial charge in [-0.05, 0) is 39.0 Å². The van der Waals surface area contributed by atoms with E-state index in [-0.39, 0.29) is 33.7 Å². The summed E-state index contributed by atoms with van der Waals surface area (Å²) in [7, 11) is -5.66. The van der Waals surface area contributed by atoms with Crippen molar-refractivity contribution in [3.8, 4) is 11.3 Å². The largest absolute Gasteiger partial charge is 2.00 e. The number of aromatic nitrogens is 2. The molecule has 0 atom stereocenters. The fraction of sp³-hybridized carbons (Fsp3) is 0.273. The predicted octanol–water partition coefficient (Wildman–Crippen LogP) is 5.97. The number of aryl methyl sites for hydroxylation is 1. The Morgan fingerprint density at radius 2 is 1.63 bits per heavy atom. The van der Waals surface area contributed by atoms with Gasteiger partial charge in [-0.2, -0.15) is 21.6 Å². The summed E-state index contributed by atoms with van der Waals surface area (Å²) in [6.07, 6.45) is 0. The number of halogens is 3. The van der Waals surface area contributed by atoms with Crippen molar-refractivity contribution in [2.75, 3.05) is 22.7 Å². The third-order valence-corrected chi connectivity index (χ3v) is 5.91. The van der Waals surface area contributed by atoms with Crippen LogP contribution in [0.25, 0.3) is 11.3 Å². The summed E-state index contributed by atoms with van der Waals surface area (Å²) in [5, 5.41) is 8.03. The second kappa shape index (κ2) is 11.6. The Labute approximate surface area is 211 Å². The van der Waals surface area contributed by atoms with Gasteiger partial charge in [0.25, 0.3) is 0 Å². The minimum absolute atomic E-state index is 0. The van der Waals surface area contributed by atoms with E-state index in [9.17, 15) is 21.6 Å². The van der Waals surface area contributed by atoms with Crippen LogP contribution in [-0.2, 0) is 26.5 Å². The van der Waals surface area contributed by atoms with Crippen LogP contribution in [0.5, 0.6) is 0 Å². The summed E-state index contributed by atoms with van der Waals surface area (Å²) in [6, 6.07) is 15.2. The molecule has 1 heterocycles. The van der Waals surface area contributed by atoms with E-state index >= 15 is 0 Å². The minimum Gasteiger partial charge on any atom is -0.372 e. The number of rotatable bonds is 8. The molecule has 3 aromatic rings. The van der Waals surface area contributed by atoms with Crippen LogP contribution in [0, 0.1) is 6.92 Å². The van der Waals surface area contributed by atoms with E-state index in [1.165, 1.54) is 12.1 Å². The molecule has 0 aliphatic heterocycles. The summed E-state index contributed by atoms with van der Waals surface area (Å²) in [4.78, 5) is 10.4. The van der Waals surface area contributed by atoms with E-state index < -0.39 is 15.5 Å². The Balaban J connectivity index is 0.00000432. The molecule has 0 spiro atoms. The molecule has 188 valence electrons. The van der Waals surface area contributed by atoms with Gasteiger partial charge in [0, 0.05) is 30.4 Å². The van der Waals surface area contributed by atoms with Crippen molar-refractivity contribution in [1.29, 1.82) is 0 Å². The first-order chi connectivity index (χ1) is 16.0.